The van der Waals surface area contributed by atoms with Crippen LogP contribution in [0, 0.1) is 0 Å². The molecule has 5 N–H and O–H groups in total. The molecule has 0 radical (unpaired) electrons. The SMILES string of the molecule is NC(N)=NC(=O)c1cccc(-n2cccc2C(=O)O)c1. The summed E-state index contributed by atoms with van der Waals surface area (Å²) in [7, 11) is 0. The number of guanidine groups is 1. The van der Waals surface area contributed by atoms with Gasteiger partial charge in [0, 0.05) is 17.4 Å². The van der Waals surface area contributed by atoms with Crippen molar-refractivity contribution in [1.82, 2.24) is 4.57 Å². The second kappa shape index (κ2) is 5.27. The molecule has 1 heterocycles. The molecular weight excluding hydrogens is 260 g/mol. The van der Waals surface area contributed by atoms with Gasteiger partial charge >= 0.3 is 5.97 Å². The predicted molar refractivity (Wildman–Crippen MR) is 72.9 cm³/mol. The quantitative estimate of drug-likeness (QED) is 0.557. The van der Waals surface area contributed by atoms with Crippen LogP contribution in [-0.4, -0.2) is 27.5 Å². The number of aromatic carboxylic acids is 1. The summed E-state index contributed by atoms with van der Waals surface area (Å²) in [6, 6.07) is 9.43. The third kappa shape index (κ3) is 2.66. The minimum Gasteiger partial charge on any atom is -0.477 e. The van der Waals surface area contributed by atoms with E-state index in [9.17, 15) is 9.59 Å². The van der Waals surface area contributed by atoms with E-state index in [1.165, 1.54) is 16.7 Å². The Labute approximate surface area is 114 Å². The molecule has 0 aliphatic rings. The molecular formula is C13H12N4O3. The molecule has 0 aliphatic carbocycles. The van der Waals surface area contributed by atoms with Gasteiger partial charge in [0.25, 0.3) is 5.91 Å². The minimum atomic E-state index is -1.06. The number of carbonyl (C=O) groups is 2. The molecule has 0 fully saturated rings. The highest BCUT2D eigenvalue weighted by Gasteiger charge is 2.12. The van der Waals surface area contributed by atoms with Crippen LogP contribution in [0.1, 0.15) is 20.8 Å². The summed E-state index contributed by atoms with van der Waals surface area (Å²) in [5.74, 6) is -1.97. The molecule has 1 aromatic carbocycles. The molecule has 0 saturated heterocycles. The fraction of sp³-hybridized carbons (Fsp3) is 0. The molecule has 7 nitrogen and oxygen atoms in total. The number of nitrogens with two attached hydrogens (primary N) is 2. The number of carbonyl (C=O) groups excluding carboxylic acids is 1. The maximum Gasteiger partial charge on any atom is 0.352 e. The molecule has 0 bridgehead atoms. The molecule has 0 aliphatic heterocycles. The van der Waals surface area contributed by atoms with E-state index in [-0.39, 0.29) is 17.2 Å². The van der Waals surface area contributed by atoms with E-state index in [1.54, 1.807) is 30.5 Å². The van der Waals surface area contributed by atoms with Crippen molar-refractivity contribution in [3.8, 4) is 5.69 Å². The summed E-state index contributed by atoms with van der Waals surface area (Å²) in [5, 5.41) is 9.07. The Morgan fingerprint density at radius 1 is 1.15 bits per heavy atom. The van der Waals surface area contributed by atoms with Gasteiger partial charge in [-0.2, -0.15) is 4.99 Å². The average Bonchev–Trinajstić information content (AvgIpc) is 2.87. The maximum absolute atomic E-state index is 11.7. The maximum atomic E-state index is 11.7. The van der Waals surface area contributed by atoms with E-state index >= 15 is 0 Å². The first-order chi connectivity index (χ1) is 9.49. The van der Waals surface area contributed by atoms with Crippen molar-refractivity contribution in [1.29, 1.82) is 0 Å². The zero-order valence-corrected chi connectivity index (χ0v) is 10.4. The summed E-state index contributed by atoms with van der Waals surface area (Å²) >= 11 is 0. The normalized spacial score (nSPS) is 10.0. The molecule has 1 amide bonds. The second-order valence-electron chi connectivity index (χ2n) is 3.96. The third-order valence-corrected chi connectivity index (χ3v) is 2.57. The first-order valence-corrected chi connectivity index (χ1v) is 5.64. The fourth-order valence-corrected chi connectivity index (χ4v) is 1.75. The molecule has 0 unspecified atom stereocenters. The monoisotopic (exact) mass is 272 g/mol. The molecule has 2 aromatic rings. The van der Waals surface area contributed by atoms with Gasteiger partial charge in [0.05, 0.1) is 0 Å². The highest BCUT2D eigenvalue weighted by molar-refractivity contribution is 6.02. The van der Waals surface area contributed by atoms with Gasteiger partial charge in [-0.3, -0.25) is 4.79 Å². The van der Waals surface area contributed by atoms with Crippen molar-refractivity contribution in [2.24, 2.45) is 16.5 Å². The fourth-order valence-electron chi connectivity index (χ4n) is 1.75. The molecule has 2 rings (SSSR count). The number of amides is 1. The van der Waals surface area contributed by atoms with Gasteiger partial charge in [-0.1, -0.05) is 6.07 Å². The van der Waals surface area contributed by atoms with Crippen molar-refractivity contribution in [3.05, 3.63) is 53.9 Å². The molecule has 1 aromatic heterocycles. The van der Waals surface area contributed by atoms with Gasteiger partial charge < -0.3 is 21.1 Å². The largest absolute Gasteiger partial charge is 0.477 e. The summed E-state index contributed by atoms with van der Waals surface area (Å²) in [5.41, 5.74) is 11.2. The van der Waals surface area contributed by atoms with Crippen LogP contribution >= 0.6 is 0 Å². The number of aliphatic imine (C=N–C) groups is 1. The van der Waals surface area contributed by atoms with Gasteiger partial charge in [-0.15, -0.1) is 0 Å². The average molecular weight is 272 g/mol. The third-order valence-electron chi connectivity index (χ3n) is 2.57. The van der Waals surface area contributed by atoms with Gasteiger partial charge in [0.1, 0.15) is 5.69 Å². The van der Waals surface area contributed by atoms with E-state index < -0.39 is 11.9 Å². The number of nitrogens with zero attached hydrogens (tertiary/aromatic N) is 2. The van der Waals surface area contributed by atoms with Crippen molar-refractivity contribution < 1.29 is 14.7 Å². The number of benzene rings is 1. The van der Waals surface area contributed by atoms with Crippen LogP contribution < -0.4 is 11.5 Å². The van der Waals surface area contributed by atoms with Crippen molar-refractivity contribution >= 4 is 17.8 Å². The Hall–Kier alpha value is -3.09. The van der Waals surface area contributed by atoms with Gasteiger partial charge in [0.2, 0.25) is 0 Å². The van der Waals surface area contributed by atoms with E-state index in [0.717, 1.165) is 0 Å². The summed E-state index contributed by atoms with van der Waals surface area (Å²) in [6.07, 6.45) is 1.59. The van der Waals surface area contributed by atoms with Crippen molar-refractivity contribution in [2.75, 3.05) is 0 Å². The van der Waals surface area contributed by atoms with Crippen molar-refractivity contribution in [3.63, 3.8) is 0 Å². The number of carboxylic acids is 1. The van der Waals surface area contributed by atoms with Crippen LogP contribution in [0.4, 0.5) is 0 Å². The lowest BCUT2D eigenvalue weighted by molar-refractivity contribution is 0.0688. The lowest BCUT2D eigenvalue weighted by Gasteiger charge is -2.07. The lowest BCUT2D eigenvalue weighted by atomic mass is 10.2. The van der Waals surface area contributed by atoms with E-state index in [4.69, 9.17) is 16.6 Å². The summed E-state index contributed by atoms with van der Waals surface area (Å²) in [6.45, 7) is 0. The van der Waals surface area contributed by atoms with Crippen molar-refractivity contribution in [2.45, 2.75) is 0 Å². The number of rotatable bonds is 3. The van der Waals surface area contributed by atoms with Gasteiger partial charge in [0.15, 0.2) is 5.96 Å². The van der Waals surface area contributed by atoms with E-state index in [0.29, 0.717) is 5.69 Å². The standard InChI is InChI=1S/C13H12N4O3/c14-13(15)16-11(18)8-3-1-4-9(7-8)17-6-2-5-10(17)12(19)20/h1-7H,(H,19,20)(H4,14,15,16,18). The molecule has 20 heavy (non-hydrogen) atoms. The molecule has 0 spiro atoms. The number of carboxylic acid groups (broad SMARTS) is 1. The van der Waals surface area contributed by atoms with E-state index in [2.05, 4.69) is 4.99 Å². The minimum absolute atomic E-state index is 0.0939. The highest BCUT2D eigenvalue weighted by atomic mass is 16.4. The smallest absolute Gasteiger partial charge is 0.352 e. The van der Waals surface area contributed by atoms with Crippen LogP contribution in [0.2, 0.25) is 0 Å². The predicted octanol–water partition coefficient (Wildman–Crippen LogP) is 0.589. The van der Waals surface area contributed by atoms with Gasteiger partial charge in [-0.05, 0) is 30.3 Å². The van der Waals surface area contributed by atoms with E-state index in [1.807, 2.05) is 0 Å². The molecule has 102 valence electrons. The lowest BCUT2D eigenvalue weighted by Crippen LogP contribution is -2.24. The van der Waals surface area contributed by atoms with Crippen LogP contribution in [0.5, 0.6) is 0 Å². The van der Waals surface area contributed by atoms with Crippen LogP contribution in [0.25, 0.3) is 5.69 Å². The first kappa shape index (κ1) is 13.3. The number of hydrogen-bond donors (Lipinski definition) is 3. The molecule has 7 heteroatoms. The highest BCUT2D eigenvalue weighted by Crippen LogP contribution is 2.15. The zero-order chi connectivity index (χ0) is 14.7. The Bertz CT molecular complexity index is 699. The summed E-state index contributed by atoms with van der Waals surface area (Å²) in [4.78, 5) is 26.2. The molecule has 0 saturated carbocycles. The topological polar surface area (TPSA) is 124 Å². The zero-order valence-electron chi connectivity index (χ0n) is 10.4. The second-order valence-corrected chi connectivity index (χ2v) is 3.96. The molecule has 0 atom stereocenters. The Kier molecular flexibility index (Phi) is 3.52. The first-order valence-electron chi connectivity index (χ1n) is 5.64. The van der Waals surface area contributed by atoms with Gasteiger partial charge in [-0.25, -0.2) is 4.79 Å². The van der Waals surface area contributed by atoms with Crippen LogP contribution in [-0.2, 0) is 0 Å². The number of aromatic nitrogens is 1. The Balaban J connectivity index is 2.45. The Morgan fingerprint density at radius 2 is 1.90 bits per heavy atom. The van der Waals surface area contributed by atoms with Crippen LogP contribution in [0.15, 0.2) is 47.6 Å². The number of hydrogen-bond acceptors (Lipinski definition) is 2. The summed E-state index contributed by atoms with van der Waals surface area (Å²) < 4.78 is 1.45. The van der Waals surface area contributed by atoms with Crippen LogP contribution in [0.3, 0.4) is 0 Å². The Morgan fingerprint density at radius 3 is 2.55 bits per heavy atom.